The highest BCUT2D eigenvalue weighted by Crippen LogP contribution is 2.26. The summed E-state index contributed by atoms with van der Waals surface area (Å²) in [5.41, 5.74) is 4.17. The number of carbonyl (C=O) groups is 1. The molecule has 0 spiro atoms. The fourth-order valence-electron chi connectivity index (χ4n) is 2.67. The molecular formula is C20H25O3P. The summed E-state index contributed by atoms with van der Waals surface area (Å²) in [4.78, 5) is 12.7. The minimum absolute atomic E-state index is 0.114. The van der Waals surface area contributed by atoms with Crippen LogP contribution in [0.15, 0.2) is 36.4 Å². The minimum Gasteiger partial charge on any atom is -0.465 e. The van der Waals surface area contributed by atoms with Crippen molar-refractivity contribution in [2.24, 2.45) is 0 Å². The number of aryl methyl sites for hydroxylation is 3. The molecule has 0 radical (unpaired) electrons. The van der Waals surface area contributed by atoms with Crippen molar-refractivity contribution in [3.05, 3.63) is 58.7 Å². The molecule has 0 bridgehead atoms. The van der Waals surface area contributed by atoms with E-state index in [0.29, 0.717) is 6.61 Å². The van der Waals surface area contributed by atoms with Crippen LogP contribution in [-0.2, 0) is 4.74 Å². The Labute approximate surface area is 146 Å². The van der Waals surface area contributed by atoms with E-state index in [0.717, 1.165) is 33.3 Å². The number of rotatable bonds is 7. The maximum atomic E-state index is 12.7. The van der Waals surface area contributed by atoms with Gasteiger partial charge >= 0.3 is 0 Å². The van der Waals surface area contributed by atoms with E-state index in [9.17, 15) is 4.79 Å². The molecule has 0 fully saturated rings. The van der Waals surface area contributed by atoms with E-state index in [1.165, 1.54) is 0 Å². The lowest BCUT2D eigenvalue weighted by molar-refractivity contribution is -0.0613. The summed E-state index contributed by atoms with van der Waals surface area (Å²) in [7, 11) is 0.114. The minimum atomic E-state index is -0.279. The summed E-state index contributed by atoms with van der Waals surface area (Å²) in [5, 5.41) is 1.05. The molecule has 0 heterocycles. The largest absolute Gasteiger partial charge is 0.465 e. The van der Waals surface area contributed by atoms with Gasteiger partial charge in [0.25, 0.3) is 0 Å². The van der Waals surface area contributed by atoms with Crippen molar-refractivity contribution in [1.82, 2.24) is 0 Å². The van der Waals surface area contributed by atoms with Gasteiger partial charge in [0, 0.05) is 12.2 Å². The van der Waals surface area contributed by atoms with Crippen LogP contribution in [0.1, 0.15) is 40.9 Å². The van der Waals surface area contributed by atoms with E-state index in [-0.39, 0.29) is 20.4 Å². The van der Waals surface area contributed by atoms with Gasteiger partial charge in [0.1, 0.15) is 5.75 Å². The lowest BCUT2D eigenvalue weighted by Gasteiger charge is -2.16. The van der Waals surface area contributed by atoms with Gasteiger partial charge in [-0.3, -0.25) is 4.79 Å². The number of hydrogen-bond donors (Lipinski definition) is 0. The van der Waals surface area contributed by atoms with Gasteiger partial charge in [-0.05, 0) is 77.3 Å². The zero-order valence-corrected chi connectivity index (χ0v) is 16.0. The van der Waals surface area contributed by atoms with Gasteiger partial charge in [0.2, 0.25) is 0 Å². The first-order valence-electron chi connectivity index (χ1n) is 8.18. The second-order valence-corrected chi connectivity index (χ2v) is 7.08. The van der Waals surface area contributed by atoms with Crippen LogP contribution in [0.3, 0.4) is 0 Å². The van der Waals surface area contributed by atoms with Crippen LogP contribution in [0.2, 0.25) is 0 Å². The van der Waals surface area contributed by atoms with Gasteiger partial charge < -0.3 is 9.47 Å². The Hall–Kier alpha value is -1.70. The maximum absolute atomic E-state index is 12.7. The summed E-state index contributed by atoms with van der Waals surface area (Å²) in [5.74, 6) is 0.765. The van der Waals surface area contributed by atoms with E-state index in [1.807, 2.05) is 71.0 Å². The Morgan fingerprint density at radius 2 is 1.75 bits per heavy atom. The Bertz CT molecular complexity index is 705. The highest BCUT2D eigenvalue weighted by atomic mass is 31.1. The molecule has 0 aromatic heterocycles. The molecule has 4 heteroatoms. The highest BCUT2D eigenvalue weighted by Gasteiger charge is 2.14. The predicted molar refractivity (Wildman–Crippen MR) is 101 cm³/mol. The lowest BCUT2D eigenvalue weighted by Crippen LogP contribution is -2.16. The molecule has 0 aliphatic rings. The second-order valence-electron chi connectivity index (χ2n) is 5.84. The Morgan fingerprint density at radius 3 is 2.33 bits per heavy atom. The lowest BCUT2D eigenvalue weighted by atomic mass is 10.0. The van der Waals surface area contributed by atoms with Crippen LogP contribution in [0.5, 0.6) is 5.75 Å². The van der Waals surface area contributed by atoms with Crippen molar-refractivity contribution in [3.8, 4) is 5.75 Å². The first-order valence-corrected chi connectivity index (χ1v) is 9.18. The molecule has 2 aromatic rings. The standard InChI is InChI=1S/C20H25O3P/c1-6-22-16(5)23-17-10-11-18(15(4)12-17)24-20(21)19-13(2)8-7-9-14(19)3/h7-12,16,24H,6H2,1-5H3. The fraction of sp³-hybridized carbons (Fsp3) is 0.350. The van der Waals surface area contributed by atoms with Crippen LogP contribution in [0.4, 0.5) is 0 Å². The smallest absolute Gasteiger partial charge is 0.196 e. The van der Waals surface area contributed by atoms with E-state index < -0.39 is 0 Å². The summed E-state index contributed by atoms with van der Waals surface area (Å²) in [6.45, 7) is 10.4. The Morgan fingerprint density at radius 1 is 1.08 bits per heavy atom. The SMILES string of the molecule is CCOC(C)Oc1ccc(PC(=O)c2c(C)cccc2C)c(C)c1. The monoisotopic (exact) mass is 344 g/mol. The van der Waals surface area contributed by atoms with Crippen LogP contribution in [0.25, 0.3) is 0 Å². The van der Waals surface area contributed by atoms with Gasteiger partial charge in [0.15, 0.2) is 11.8 Å². The predicted octanol–water partition coefficient (Wildman–Crippen LogP) is 4.52. The van der Waals surface area contributed by atoms with E-state index in [1.54, 1.807) is 0 Å². The highest BCUT2D eigenvalue weighted by molar-refractivity contribution is 7.66. The van der Waals surface area contributed by atoms with Gasteiger partial charge in [-0.1, -0.05) is 24.3 Å². The van der Waals surface area contributed by atoms with Gasteiger partial charge in [-0.2, -0.15) is 0 Å². The summed E-state index contributed by atoms with van der Waals surface area (Å²) >= 11 is 0. The molecule has 0 amide bonds. The van der Waals surface area contributed by atoms with Crippen LogP contribution >= 0.6 is 8.58 Å². The molecule has 0 aliphatic heterocycles. The van der Waals surface area contributed by atoms with Crippen molar-refractivity contribution in [2.75, 3.05) is 6.61 Å². The first kappa shape index (κ1) is 18.6. The molecule has 3 nitrogen and oxygen atoms in total. The summed E-state index contributed by atoms with van der Waals surface area (Å²) in [6, 6.07) is 11.8. The summed E-state index contributed by atoms with van der Waals surface area (Å²) < 4.78 is 11.1. The van der Waals surface area contributed by atoms with Crippen molar-refractivity contribution in [2.45, 2.75) is 40.9 Å². The molecule has 128 valence electrons. The van der Waals surface area contributed by atoms with Crippen LogP contribution < -0.4 is 10.0 Å². The summed E-state index contributed by atoms with van der Waals surface area (Å²) in [6.07, 6.45) is -0.279. The van der Waals surface area contributed by atoms with E-state index in [2.05, 4.69) is 0 Å². The number of ether oxygens (including phenoxy) is 2. The first-order chi connectivity index (χ1) is 11.4. The van der Waals surface area contributed by atoms with Crippen LogP contribution in [-0.4, -0.2) is 18.4 Å². The second kappa shape index (κ2) is 8.41. The van der Waals surface area contributed by atoms with Crippen molar-refractivity contribution < 1.29 is 14.3 Å². The Kier molecular flexibility index (Phi) is 6.53. The average Bonchev–Trinajstić information content (AvgIpc) is 2.50. The zero-order valence-electron chi connectivity index (χ0n) is 15.0. The zero-order chi connectivity index (χ0) is 17.7. The molecule has 0 N–H and O–H groups in total. The number of benzene rings is 2. The van der Waals surface area contributed by atoms with Crippen LogP contribution in [0, 0.1) is 20.8 Å². The van der Waals surface area contributed by atoms with Crippen molar-refractivity contribution >= 4 is 19.4 Å². The maximum Gasteiger partial charge on any atom is 0.196 e. The molecular weight excluding hydrogens is 319 g/mol. The Balaban J connectivity index is 2.14. The average molecular weight is 344 g/mol. The third-order valence-electron chi connectivity index (χ3n) is 3.86. The van der Waals surface area contributed by atoms with E-state index in [4.69, 9.17) is 9.47 Å². The van der Waals surface area contributed by atoms with Gasteiger partial charge in [-0.15, -0.1) is 0 Å². The van der Waals surface area contributed by atoms with E-state index >= 15 is 0 Å². The van der Waals surface area contributed by atoms with Crippen molar-refractivity contribution in [1.29, 1.82) is 0 Å². The molecule has 2 unspecified atom stereocenters. The molecule has 0 aliphatic carbocycles. The third kappa shape index (κ3) is 4.66. The fourth-order valence-corrected chi connectivity index (χ4v) is 3.87. The van der Waals surface area contributed by atoms with Gasteiger partial charge in [-0.25, -0.2) is 0 Å². The topological polar surface area (TPSA) is 35.5 Å². The molecule has 2 rings (SSSR count). The molecule has 2 aromatic carbocycles. The van der Waals surface area contributed by atoms with Gasteiger partial charge in [0.05, 0.1) is 0 Å². The quantitative estimate of drug-likeness (QED) is 0.547. The number of hydrogen-bond acceptors (Lipinski definition) is 3. The molecule has 2 atom stereocenters. The third-order valence-corrected chi connectivity index (χ3v) is 5.17. The normalized spacial score (nSPS) is 12.5. The molecule has 0 saturated heterocycles. The van der Waals surface area contributed by atoms with Crippen molar-refractivity contribution in [3.63, 3.8) is 0 Å². The number of carbonyl (C=O) groups excluding carboxylic acids is 1. The molecule has 0 saturated carbocycles. The molecule has 24 heavy (non-hydrogen) atoms.